The third-order valence-corrected chi connectivity index (χ3v) is 3.10. The zero-order chi connectivity index (χ0) is 13.6. The number of carbonyl (C=O) groups excluding carboxylic acids is 2. The van der Waals surface area contributed by atoms with E-state index in [-0.39, 0.29) is 28.0 Å². The zero-order valence-corrected chi connectivity index (χ0v) is 9.94. The second kappa shape index (κ2) is 3.98. The maximum atomic E-state index is 13.9. The molecule has 1 aliphatic rings. The number of aromatic nitrogens is 1. The van der Waals surface area contributed by atoms with E-state index in [0.717, 1.165) is 6.07 Å². The summed E-state index contributed by atoms with van der Waals surface area (Å²) in [7, 11) is 1.37. The van der Waals surface area contributed by atoms with Gasteiger partial charge in [-0.3, -0.25) is 14.6 Å². The molecular weight excluding hydrogens is 249 g/mol. The van der Waals surface area contributed by atoms with Crippen LogP contribution in [-0.2, 0) is 0 Å². The first-order valence-electron chi connectivity index (χ1n) is 5.55. The minimum atomic E-state index is -0.725. The molecule has 0 unspecified atom stereocenters. The zero-order valence-electron chi connectivity index (χ0n) is 9.94. The van der Waals surface area contributed by atoms with Crippen molar-refractivity contribution < 1.29 is 18.7 Å². The molecule has 2 aromatic rings. The number of rotatable bonds is 1. The van der Waals surface area contributed by atoms with Gasteiger partial charge < -0.3 is 4.74 Å². The van der Waals surface area contributed by atoms with Crippen LogP contribution >= 0.6 is 0 Å². The number of halogens is 1. The molecule has 19 heavy (non-hydrogen) atoms. The lowest BCUT2D eigenvalue weighted by molar-refractivity contribution is 0.0972. The average Bonchev–Trinajstić information content (AvgIpc) is 2.44. The monoisotopic (exact) mass is 257 g/mol. The van der Waals surface area contributed by atoms with Crippen molar-refractivity contribution >= 4 is 11.6 Å². The number of hydrogen-bond donors (Lipinski definition) is 0. The SMILES string of the molecule is COc1ccc(F)c2c1C(=O)c1cnccc1C2=O. The summed E-state index contributed by atoms with van der Waals surface area (Å²) in [5.74, 6) is -1.52. The van der Waals surface area contributed by atoms with Gasteiger partial charge in [-0.25, -0.2) is 4.39 Å². The Morgan fingerprint density at radius 2 is 1.79 bits per heavy atom. The molecule has 0 fully saturated rings. The Balaban J connectivity index is 2.38. The molecular formula is C14H8FNO3. The predicted molar refractivity (Wildman–Crippen MR) is 64.1 cm³/mol. The molecule has 0 aliphatic heterocycles. The number of methoxy groups -OCH3 is 1. The van der Waals surface area contributed by atoms with Gasteiger partial charge in [0.05, 0.1) is 23.8 Å². The Morgan fingerprint density at radius 1 is 1.05 bits per heavy atom. The third-order valence-electron chi connectivity index (χ3n) is 3.10. The fraction of sp³-hybridized carbons (Fsp3) is 0.0714. The Bertz CT molecular complexity index is 725. The van der Waals surface area contributed by atoms with Crippen LogP contribution in [0.25, 0.3) is 0 Å². The van der Waals surface area contributed by atoms with Crippen LogP contribution in [0.3, 0.4) is 0 Å². The summed E-state index contributed by atoms with van der Waals surface area (Å²) < 4.78 is 18.9. The molecule has 94 valence electrons. The van der Waals surface area contributed by atoms with Crippen LogP contribution in [0.5, 0.6) is 5.75 Å². The molecule has 0 saturated carbocycles. The summed E-state index contributed by atoms with van der Waals surface area (Å²) in [5, 5.41) is 0. The highest BCUT2D eigenvalue weighted by Gasteiger charge is 2.34. The second-order valence-corrected chi connectivity index (χ2v) is 4.08. The first-order chi connectivity index (χ1) is 9.15. The van der Waals surface area contributed by atoms with E-state index in [2.05, 4.69) is 4.98 Å². The van der Waals surface area contributed by atoms with E-state index in [1.165, 1.54) is 31.6 Å². The van der Waals surface area contributed by atoms with Gasteiger partial charge in [0.25, 0.3) is 0 Å². The molecule has 0 spiro atoms. The summed E-state index contributed by atoms with van der Waals surface area (Å²) in [6, 6.07) is 3.87. The van der Waals surface area contributed by atoms with Crippen LogP contribution in [0.4, 0.5) is 4.39 Å². The van der Waals surface area contributed by atoms with Gasteiger partial charge in [-0.15, -0.1) is 0 Å². The van der Waals surface area contributed by atoms with Crippen molar-refractivity contribution in [1.82, 2.24) is 4.98 Å². The standard InChI is InChI=1S/C14H8FNO3/c1-19-10-3-2-9(15)11-12(10)14(18)8-6-16-5-4-7(8)13(11)17/h2-6H,1H3. The number of pyridine rings is 1. The van der Waals surface area contributed by atoms with Crippen molar-refractivity contribution in [3.63, 3.8) is 0 Å². The fourth-order valence-corrected chi connectivity index (χ4v) is 2.22. The Hall–Kier alpha value is -2.56. The third kappa shape index (κ3) is 1.48. The molecule has 0 N–H and O–H groups in total. The molecule has 0 amide bonds. The van der Waals surface area contributed by atoms with Crippen molar-refractivity contribution in [3.05, 3.63) is 58.7 Å². The van der Waals surface area contributed by atoms with Crippen LogP contribution in [-0.4, -0.2) is 23.7 Å². The Morgan fingerprint density at radius 3 is 2.53 bits per heavy atom. The molecule has 3 rings (SSSR count). The number of fused-ring (bicyclic) bond motifs is 2. The van der Waals surface area contributed by atoms with Gasteiger partial charge in [0.2, 0.25) is 0 Å². The number of benzene rings is 1. The van der Waals surface area contributed by atoms with Gasteiger partial charge in [-0.1, -0.05) is 0 Å². The predicted octanol–water partition coefficient (Wildman–Crippen LogP) is 2.00. The highest BCUT2D eigenvalue weighted by atomic mass is 19.1. The maximum absolute atomic E-state index is 13.9. The summed E-state index contributed by atoms with van der Waals surface area (Å²) >= 11 is 0. The van der Waals surface area contributed by atoms with Crippen molar-refractivity contribution in [3.8, 4) is 5.75 Å². The molecule has 0 bridgehead atoms. The lowest BCUT2D eigenvalue weighted by Gasteiger charge is -2.19. The van der Waals surface area contributed by atoms with Crippen LogP contribution in [0, 0.1) is 5.82 Å². The minimum Gasteiger partial charge on any atom is -0.496 e. The van der Waals surface area contributed by atoms with Crippen LogP contribution in [0.15, 0.2) is 30.6 Å². The van der Waals surface area contributed by atoms with Crippen molar-refractivity contribution in [1.29, 1.82) is 0 Å². The molecule has 5 heteroatoms. The first kappa shape index (κ1) is 11.5. The number of hydrogen-bond acceptors (Lipinski definition) is 4. The number of ketones is 2. The molecule has 0 saturated heterocycles. The highest BCUT2D eigenvalue weighted by molar-refractivity contribution is 6.29. The topological polar surface area (TPSA) is 56.3 Å². The summed E-state index contributed by atoms with van der Waals surface area (Å²) in [6.45, 7) is 0. The van der Waals surface area contributed by atoms with Crippen molar-refractivity contribution in [2.24, 2.45) is 0 Å². The summed E-state index contributed by atoms with van der Waals surface area (Å²) in [4.78, 5) is 28.4. The van der Waals surface area contributed by atoms with Crippen molar-refractivity contribution in [2.45, 2.75) is 0 Å². The van der Waals surface area contributed by atoms with E-state index in [0.29, 0.717) is 0 Å². The average molecular weight is 257 g/mol. The van der Waals surface area contributed by atoms with Gasteiger partial charge in [-0.05, 0) is 18.2 Å². The molecule has 1 aromatic heterocycles. The summed E-state index contributed by atoms with van der Waals surface area (Å²) in [6.07, 6.45) is 2.70. The van der Waals surface area contributed by atoms with E-state index in [1.54, 1.807) is 0 Å². The quantitative estimate of drug-likeness (QED) is 0.669. The highest BCUT2D eigenvalue weighted by Crippen LogP contribution is 2.34. The van der Waals surface area contributed by atoms with Crippen LogP contribution < -0.4 is 4.74 Å². The van der Waals surface area contributed by atoms with E-state index < -0.39 is 17.4 Å². The maximum Gasteiger partial charge on any atom is 0.199 e. The van der Waals surface area contributed by atoms with E-state index in [4.69, 9.17) is 4.74 Å². The fourth-order valence-electron chi connectivity index (χ4n) is 2.22. The molecule has 1 aromatic carbocycles. The van der Waals surface area contributed by atoms with Crippen LogP contribution in [0.1, 0.15) is 31.8 Å². The van der Waals surface area contributed by atoms with Gasteiger partial charge >= 0.3 is 0 Å². The first-order valence-corrected chi connectivity index (χ1v) is 5.55. The van der Waals surface area contributed by atoms with Gasteiger partial charge in [0.15, 0.2) is 11.6 Å². The van der Waals surface area contributed by atoms with Crippen molar-refractivity contribution in [2.75, 3.05) is 7.11 Å². The van der Waals surface area contributed by atoms with Gasteiger partial charge in [-0.2, -0.15) is 0 Å². The Labute approximate surface area is 107 Å². The number of carbonyl (C=O) groups is 2. The van der Waals surface area contributed by atoms with E-state index in [9.17, 15) is 14.0 Å². The molecule has 1 aliphatic carbocycles. The molecule has 0 radical (unpaired) electrons. The summed E-state index contributed by atoms with van der Waals surface area (Å²) in [5.41, 5.74) is 0.0691. The number of ether oxygens (including phenoxy) is 1. The lowest BCUT2D eigenvalue weighted by atomic mass is 9.84. The van der Waals surface area contributed by atoms with E-state index >= 15 is 0 Å². The number of nitrogens with zero attached hydrogens (tertiary/aromatic N) is 1. The lowest BCUT2D eigenvalue weighted by Crippen LogP contribution is -2.23. The van der Waals surface area contributed by atoms with Gasteiger partial charge in [0, 0.05) is 18.0 Å². The molecule has 4 nitrogen and oxygen atoms in total. The normalized spacial score (nSPS) is 12.9. The van der Waals surface area contributed by atoms with Crippen LogP contribution in [0.2, 0.25) is 0 Å². The molecule has 1 heterocycles. The second-order valence-electron chi connectivity index (χ2n) is 4.08. The minimum absolute atomic E-state index is 0.0343. The smallest absolute Gasteiger partial charge is 0.199 e. The van der Waals surface area contributed by atoms with E-state index in [1.807, 2.05) is 0 Å². The Kier molecular flexibility index (Phi) is 2.41. The van der Waals surface area contributed by atoms with Gasteiger partial charge in [0.1, 0.15) is 11.6 Å². The largest absolute Gasteiger partial charge is 0.496 e. The molecule has 0 atom stereocenters.